The van der Waals surface area contributed by atoms with E-state index in [1.54, 1.807) is 19.3 Å². The van der Waals surface area contributed by atoms with Gasteiger partial charge in [-0.1, -0.05) is 55.5 Å². The van der Waals surface area contributed by atoms with Gasteiger partial charge in [-0.05, 0) is 24.6 Å². The molecule has 3 rings (SSSR count). The van der Waals surface area contributed by atoms with E-state index in [0.29, 0.717) is 17.6 Å². The van der Waals surface area contributed by atoms with Crippen molar-refractivity contribution in [3.05, 3.63) is 76.7 Å². The second kappa shape index (κ2) is 9.89. The number of amides is 2. The second-order valence-corrected chi connectivity index (χ2v) is 7.09. The highest BCUT2D eigenvalue weighted by Crippen LogP contribution is 2.19. The molecule has 0 bridgehead atoms. The number of hydrogen-bond acceptors (Lipinski definition) is 3. The van der Waals surface area contributed by atoms with E-state index in [1.807, 2.05) is 24.3 Å². The van der Waals surface area contributed by atoms with Crippen LogP contribution in [0.5, 0.6) is 0 Å². The fourth-order valence-corrected chi connectivity index (χ4v) is 3.38. The first-order chi connectivity index (χ1) is 14.1. The molecule has 0 aliphatic carbocycles. The zero-order valence-corrected chi connectivity index (χ0v) is 17.0. The van der Waals surface area contributed by atoms with E-state index in [9.17, 15) is 9.59 Å². The molecule has 0 saturated heterocycles. The van der Waals surface area contributed by atoms with Crippen LogP contribution in [0, 0.1) is 0 Å². The molecule has 1 aromatic heterocycles. The van der Waals surface area contributed by atoms with Gasteiger partial charge in [0.2, 0.25) is 0 Å². The molecule has 0 spiro atoms. The van der Waals surface area contributed by atoms with Crippen LogP contribution in [0.25, 0.3) is 10.8 Å². The van der Waals surface area contributed by atoms with Crippen molar-refractivity contribution in [2.24, 2.45) is 7.05 Å². The molecule has 0 atom stereocenters. The number of carbonyl (C=O) groups is 1. The molecule has 2 amide bonds. The lowest BCUT2D eigenvalue weighted by Gasteiger charge is -2.20. The summed E-state index contributed by atoms with van der Waals surface area (Å²) in [6.07, 6.45) is 2.52. The summed E-state index contributed by atoms with van der Waals surface area (Å²) < 4.78 is 1.49. The molecule has 0 aliphatic rings. The molecule has 0 radical (unpaired) electrons. The third kappa shape index (κ3) is 5.45. The predicted molar refractivity (Wildman–Crippen MR) is 118 cm³/mol. The van der Waals surface area contributed by atoms with Gasteiger partial charge in [0.1, 0.15) is 0 Å². The molecular weight excluding hydrogens is 364 g/mol. The summed E-state index contributed by atoms with van der Waals surface area (Å²) in [6, 6.07) is 17.4. The van der Waals surface area contributed by atoms with Crippen LogP contribution in [-0.4, -0.2) is 35.1 Å². The predicted octanol–water partition coefficient (Wildman–Crippen LogP) is 3.57. The topological polar surface area (TPSA) is 66.4 Å². The molecule has 2 N–H and O–H groups in total. The van der Waals surface area contributed by atoms with Crippen molar-refractivity contribution in [3.8, 4) is 0 Å². The maximum absolute atomic E-state index is 12.3. The first kappa shape index (κ1) is 20.6. The number of pyridine rings is 1. The normalized spacial score (nSPS) is 11.0. The lowest BCUT2D eigenvalue weighted by Crippen LogP contribution is -2.33. The first-order valence-corrected chi connectivity index (χ1v) is 9.98. The number of nitrogens with zero attached hydrogens (tertiary/aromatic N) is 2. The number of anilines is 1. The van der Waals surface area contributed by atoms with E-state index < -0.39 is 0 Å². The van der Waals surface area contributed by atoms with Crippen LogP contribution in [0.4, 0.5) is 10.5 Å². The number of fused-ring (bicyclic) bond motifs is 1. The maximum Gasteiger partial charge on any atom is 0.319 e. The van der Waals surface area contributed by atoms with Gasteiger partial charge >= 0.3 is 6.03 Å². The Morgan fingerprint density at radius 3 is 2.45 bits per heavy atom. The Labute approximate surface area is 171 Å². The molecule has 0 aliphatic heterocycles. The summed E-state index contributed by atoms with van der Waals surface area (Å²) in [5.41, 5.74) is 1.84. The average molecular weight is 393 g/mol. The fraction of sp³-hybridized carbons (Fsp3) is 0.304. The molecule has 6 heteroatoms. The smallest absolute Gasteiger partial charge is 0.319 e. The number of carbonyl (C=O) groups excluding carboxylic acids is 1. The number of aryl methyl sites for hydroxylation is 1. The third-order valence-electron chi connectivity index (χ3n) is 4.97. The Balaban J connectivity index is 1.51. The van der Waals surface area contributed by atoms with E-state index in [1.165, 1.54) is 10.1 Å². The van der Waals surface area contributed by atoms with Gasteiger partial charge in [-0.2, -0.15) is 0 Å². The molecule has 152 valence electrons. The van der Waals surface area contributed by atoms with E-state index in [2.05, 4.69) is 46.7 Å². The van der Waals surface area contributed by atoms with Crippen LogP contribution in [0.15, 0.2) is 65.6 Å². The standard InChI is InChI=1S/C23H28N4O2/c1-3-27(16-18-10-5-4-6-11-18)15-9-14-24-23(29)25-21-17-26(2)22(28)20-13-8-7-12-19(20)21/h4-8,10-13,17H,3,9,14-16H2,1-2H3,(H2,24,25,29). The largest absolute Gasteiger partial charge is 0.338 e. The maximum atomic E-state index is 12.3. The molecule has 0 saturated carbocycles. The SMILES string of the molecule is CCN(CCCNC(=O)Nc1cn(C)c(=O)c2ccccc12)Cc1ccccc1. The van der Waals surface area contributed by atoms with E-state index >= 15 is 0 Å². The van der Waals surface area contributed by atoms with E-state index in [0.717, 1.165) is 31.4 Å². The average Bonchev–Trinajstić information content (AvgIpc) is 2.74. The minimum Gasteiger partial charge on any atom is -0.338 e. The monoisotopic (exact) mass is 392 g/mol. The molecule has 0 fully saturated rings. The Morgan fingerprint density at radius 1 is 1.03 bits per heavy atom. The van der Waals surface area contributed by atoms with Crippen molar-refractivity contribution in [1.82, 2.24) is 14.8 Å². The van der Waals surface area contributed by atoms with Crippen molar-refractivity contribution >= 4 is 22.5 Å². The van der Waals surface area contributed by atoms with Gasteiger partial charge in [0.15, 0.2) is 0 Å². The summed E-state index contributed by atoms with van der Waals surface area (Å²) in [7, 11) is 1.68. The van der Waals surface area contributed by atoms with Crippen molar-refractivity contribution in [2.45, 2.75) is 19.9 Å². The zero-order chi connectivity index (χ0) is 20.6. The zero-order valence-electron chi connectivity index (χ0n) is 17.0. The van der Waals surface area contributed by atoms with Crippen LogP contribution >= 0.6 is 0 Å². The quantitative estimate of drug-likeness (QED) is 0.576. The molecule has 2 aromatic carbocycles. The summed E-state index contributed by atoms with van der Waals surface area (Å²) in [4.78, 5) is 26.9. The highest BCUT2D eigenvalue weighted by Gasteiger charge is 2.09. The Hall–Kier alpha value is -3.12. The highest BCUT2D eigenvalue weighted by molar-refractivity contribution is 6.00. The molecule has 0 unspecified atom stereocenters. The Kier molecular flexibility index (Phi) is 7.03. The van der Waals surface area contributed by atoms with Crippen LogP contribution in [0.2, 0.25) is 0 Å². The molecule has 3 aromatic rings. The van der Waals surface area contributed by atoms with Gasteiger partial charge in [-0.15, -0.1) is 0 Å². The lowest BCUT2D eigenvalue weighted by atomic mass is 10.1. The van der Waals surface area contributed by atoms with Crippen LogP contribution in [-0.2, 0) is 13.6 Å². The number of aromatic nitrogens is 1. The summed E-state index contributed by atoms with van der Waals surface area (Å²) in [5.74, 6) is 0. The van der Waals surface area contributed by atoms with Crippen molar-refractivity contribution in [1.29, 1.82) is 0 Å². The van der Waals surface area contributed by atoms with Gasteiger partial charge < -0.3 is 15.2 Å². The van der Waals surface area contributed by atoms with Gasteiger partial charge in [0, 0.05) is 43.7 Å². The van der Waals surface area contributed by atoms with Gasteiger partial charge in [0.05, 0.1) is 5.69 Å². The van der Waals surface area contributed by atoms with Gasteiger partial charge in [0.25, 0.3) is 5.56 Å². The summed E-state index contributed by atoms with van der Waals surface area (Å²) in [6.45, 7) is 5.52. The van der Waals surface area contributed by atoms with E-state index in [4.69, 9.17) is 0 Å². The molecule has 29 heavy (non-hydrogen) atoms. The molecular formula is C23H28N4O2. The number of rotatable bonds is 8. The Bertz CT molecular complexity index is 1010. The summed E-state index contributed by atoms with van der Waals surface area (Å²) >= 11 is 0. The van der Waals surface area contributed by atoms with Crippen molar-refractivity contribution in [3.63, 3.8) is 0 Å². The van der Waals surface area contributed by atoms with Crippen molar-refractivity contribution < 1.29 is 4.79 Å². The Morgan fingerprint density at radius 2 is 1.72 bits per heavy atom. The number of benzene rings is 2. The minimum atomic E-state index is -0.264. The first-order valence-electron chi connectivity index (χ1n) is 9.98. The number of nitrogens with one attached hydrogen (secondary N) is 2. The van der Waals surface area contributed by atoms with Gasteiger partial charge in [-0.3, -0.25) is 9.69 Å². The lowest BCUT2D eigenvalue weighted by molar-refractivity contribution is 0.248. The minimum absolute atomic E-state index is 0.0790. The second-order valence-electron chi connectivity index (χ2n) is 7.09. The van der Waals surface area contributed by atoms with Gasteiger partial charge in [-0.25, -0.2) is 4.79 Å². The summed E-state index contributed by atoms with van der Waals surface area (Å²) in [5, 5.41) is 7.11. The van der Waals surface area contributed by atoms with E-state index in [-0.39, 0.29) is 11.6 Å². The number of hydrogen-bond donors (Lipinski definition) is 2. The third-order valence-corrected chi connectivity index (χ3v) is 4.97. The van der Waals surface area contributed by atoms with Crippen LogP contribution < -0.4 is 16.2 Å². The molecule has 6 nitrogen and oxygen atoms in total. The number of urea groups is 1. The van der Waals surface area contributed by atoms with Crippen molar-refractivity contribution in [2.75, 3.05) is 25.0 Å². The fourth-order valence-electron chi connectivity index (χ4n) is 3.38. The van der Waals surface area contributed by atoms with Crippen LogP contribution in [0.3, 0.4) is 0 Å². The van der Waals surface area contributed by atoms with Crippen LogP contribution in [0.1, 0.15) is 18.9 Å². The molecule has 1 heterocycles. The highest BCUT2D eigenvalue weighted by atomic mass is 16.2.